The summed E-state index contributed by atoms with van der Waals surface area (Å²) >= 11 is 0. The van der Waals surface area contributed by atoms with Crippen molar-refractivity contribution in [3.8, 4) is 23.8 Å². The molecule has 0 aliphatic rings. The number of hydrogen-bond acceptors (Lipinski definition) is 7. The van der Waals surface area contributed by atoms with Crippen LogP contribution in [-0.2, 0) is 9.47 Å². The molecular weight excluding hydrogens is 418 g/mol. The number of rotatable bonds is 10. The molecule has 1 N–H and O–H groups in total. The van der Waals surface area contributed by atoms with Gasteiger partial charge in [-0.25, -0.2) is 9.97 Å². The summed E-state index contributed by atoms with van der Waals surface area (Å²) in [6, 6.07) is 11.3. The van der Waals surface area contributed by atoms with Gasteiger partial charge in [0.2, 0.25) is 0 Å². The van der Waals surface area contributed by atoms with Gasteiger partial charge < -0.3 is 24.3 Å². The van der Waals surface area contributed by atoms with Crippen LogP contribution in [0.4, 0.5) is 11.5 Å². The molecule has 0 bridgehead atoms. The fourth-order valence-corrected chi connectivity index (χ4v) is 2.68. The molecule has 0 spiro atoms. The lowest BCUT2D eigenvalue weighted by atomic mass is 10.2. The molecule has 3 aromatic rings. The second kappa shape index (κ2) is 14.5. The summed E-state index contributed by atoms with van der Waals surface area (Å²) in [5.74, 6) is 4.44. The first-order chi connectivity index (χ1) is 16.2. The average Bonchev–Trinajstić information content (AvgIpc) is 2.85. The van der Waals surface area contributed by atoms with E-state index in [0.29, 0.717) is 43.7 Å². The van der Waals surface area contributed by atoms with Crippen molar-refractivity contribution in [1.82, 2.24) is 9.97 Å². The van der Waals surface area contributed by atoms with E-state index in [1.54, 1.807) is 14.2 Å². The van der Waals surface area contributed by atoms with E-state index >= 15 is 0 Å². The van der Waals surface area contributed by atoms with Crippen LogP contribution in [0.3, 0.4) is 0 Å². The van der Waals surface area contributed by atoms with Crippen LogP contribution >= 0.6 is 0 Å². The minimum atomic E-state index is 0.392. The topological polar surface area (TPSA) is 74.7 Å². The van der Waals surface area contributed by atoms with Crippen molar-refractivity contribution < 1.29 is 18.9 Å². The van der Waals surface area contributed by atoms with E-state index in [0.717, 1.165) is 22.2 Å². The Hall–Kier alpha value is -3.60. The second-order valence-corrected chi connectivity index (χ2v) is 6.74. The summed E-state index contributed by atoms with van der Waals surface area (Å²) in [5, 5.41) is 4.10. The number of methoxy groups -OCH3 is 2. The van der Waals surface area contributed by atoms with E-state index < -0.39 is 0 Å². The number of hydrogen-bond donors (Lipinski definition) is 1. The molecule has 1 aromatic heterocycles. The van der Waals surface area contributed by atoms with Crippen LogP contribution in [0.15, 0.2) is 54.9 Å². The maximum Gasteiger partial charge on any atom is 0.163 e. The fraction of sp³-hybridized carbons (Fsp3) is 0.308. The van der Waals surface area contributed by atoms with Crippen LogP contribution in [0, 0.1) is 12.3 Å². The van der Waals surface area contributed by atoms with Gasteiger partial charge in [-0.15, -0.1) is 6.42 Å². The van der Waals surface area contributed by atoms with Crippen molar-refractivity contribution in [1.29, 1.82) is 0 Å². The normalized spacial score (nSPS) is 10.4. The number of allylic oxidation sites excluding steroid dienone is 2. The van der Waals surface area contributed by atoms with Crippen molar-refractivity contribution in [3.05, 3.63) is 60.4 Å². The highest BCUT2D eigenvalue weighted by atomic mass is 16.5. The molecule has 2 aromatic carbocycles. The predicted octanol–water partition coefficient (Wildman–Crippen LogP) is 4.99. The molecule has 0 unspecified atom stereocenters. The Kier molecular flexibility index (Phi) is 11.2. The van der Waals surface area contributed by atoms with Crippen molar-refractivity contribution in [2.45, 2.75) is 13.8 Å². The maximum atomic E-state index is 5.86. The number of nitrogens with zero attached hydrogens (tertiary/aromatic N) is 2. The van der Waals surface area contributed by atoms with Crippen molar-refractivity contribution in [3.63, 3.8) is 0 Å². The predicted molar refractivity (Wildman–Crippen MR) is 132 cm³/mol. The molecule has 0 aliphatic heterocycles. The van der Waals surface area contributed by atoms with Crippen molar-refractivity contribution in [2.24, 2.45) is 0 Å². The SMILES string of the molecule is C#Cc1cccc(Nc2ncnc3cc(OCCOC)c(OCCOC)cc23)c1.C/C=C/C. The lowest BCUT2D eigenvalue weighted by Crippen LogP contribution is -2.09. The van der Waals surface area contributed by atoms with Crippen LogP contribution in [0.1, 0.15) is 19.4 Å². The Morgan fingerprint density at radius 2 is 1.58 bits per heavy atom. The minimum absolute atomic E-state index is 0.392. The summed E-state index contributed by atoms with van der Waals surface area (Å²) in [5.41, 5.74) is 2.34. The van der Waals surface area contributed by atoms with Gasteiger partial charge in [0, 0.05) is 36.9 Å². The van der Waals surface area contributed by atoms with Gasteiger partial charge in [0.25, 0.3) is 0 Å². The number of terminal acetylenes is 1. The number of anilines is 2. The number of aromatic nitrogens is 2. The molecule has 0 saturated heterocycles. The maximum absolute atomic E-state index is 5.86. The van der Waals surface area contributed by atoms with Crippen LogP contribution in [0.5, 0.6) is 11.5 Å². The molecule has 0 amide bonds. The molecule has 0 aliphatic carbocycles. The molecule has 0 radical (unpaired) electrons. The second-order valence-electron chi connectivity index (χ2n) is 6.74. The Labute approximate surface area is 195 Å². The molecule has 0 atom stereocenters. The Morgan fingerprint density at radius 1 is 0.909 bits per heavy atom. The van der Waals surface area contributed by atoms with E-state index in [2.05, 4.69) is 21.2 Å². The molecule has 3 rings (SSSR count). The zero-order valence-corrected chi connectivity index (χ0v) is 19.6. The summed E-state index contributed by atoms with van der Waals surface area (Å²) in [6.45, 7) is 5.73. The fourth-order valence-electron chi connectivity index (χ4n) is 2.68. The third-order valence-electron chi connectivity index (χ3n) is 4.42. The first kappa shape index (κ1) is 25.7. The molecular formula is C26H31N3O4. The van der Waals surface area contributed by atoms with E-state index in [4.69, 9.17) is 25.4 Å². The van der Waals surface area contributed by atoms with Gasteiger partial charge >= 0.3 is 0 Å². The van der Waals surface area contributed by atoms with Crippen LogP contribution in [0.2, 0.25) is 0 Å². The molecule has 33 heavy (non-hydrogen) atoms. The molecule has 0 fully saturated rings. The van der Waals surface area contributed by atoms with Gasteiger partial charge in [0.05, 0.1) is 18.7 Å². The Bertz CT molecular complexity index is 1070. The van der Waals surface area contributed by atoms with Gasteiger partial charge in [0.1, 0.15) is 25.4 Å². The molecule has 1 heterocycles. The highest BCUT2D eigenvalue weighted by Crippen LogP contribution is 2.35. The lowest BCUT2D eigenvalue weighted by molar-refractivity contribution is 0.132. The zero-order chi connectivity index (χ0) is 23.9. The summed E-state index contributed by atoms with van der Waals surface area (Å²) < 4.78 is 21.8. The Balaban J connectivity index is 0.000000890. The van der Waals surface area contributed by atoms with E-state index in [1.807, 2.05) is 62.4 Å². The zero-order valence-electron chi connectivity index (χ0n) is 19.6. The third kappa shape index (κ3) is 8.11. The molecule has 7 heteroatoms. The Morgan fingerprint density at radius 3 is 2.18 bits per heavy atom. The largest absolute Gasteiger partial charge is 0.487 e. The van der Waals surface area contributed by atoms with Gasteiger partial charge in [-0.05, 0) is 38.1 Å². The number of ether oxygens (including phenoxy) is 4. The standard InChI is InChI=1S/C22H23N3O4.C4H8/c1-4-16-6-5-7-17(12-16)25-22-18-13-20(28-10-8-26-2)21(29-11-9-27-3)14-19(18)23-15-24-22;1-3-4-2/h1,5-7,12-15H,8-11H2,2-3H3,(H,23,24,25);3-4H,1-2H3/b;4-3+. The molecule has 174 valence electrons. The first-order valence-electron chi connectivity index (χ1n) is 10.6. The van der Waals surface area contributed by atoms with E-state index in [1.165, 1.54) is 6.33 Å². The average molecular weight is 450 g/mol. The summed E-state index contributed by atoms with van der Waals surface area (Å²) in [7, 11) is 3.25. The highest BCUT2D eigenvalue weighted by Gasteiger charge is 2.13. The summed E-state index contributed by atoms with van der Waals surface area (Å²) in [6.07, 6.45) is 11.0. The van der Waals surface area contributed by atoms with E-state index in [-0.39, 0.29) is 0 Å². The van der Waals surface area contributed by atoms with Gasteiger partial charge in [-0.1, -0.05) is 24.1 Å². The first-order valence-corrected chi connectivity index (χ1v) is 10.6. The number of benzene rings is 2. The van der Waals surface area contributed by atoms with Crippen molar-refractivity contribution in [2.75, 3.05) is 46.0 Å². The smallest absolute Gasteiger partial charge is 0.163 e. The van der Waals surface area contributed by atoms with Gasteiger partial charge in [-0.3, -0.25) is 0 Å². The van der Waals surface area contributed by atoms with Crippen LogP contribution in [0.25, 0.3) is 10.9 Å². The lowest BCUT2D eigenvalue weighted by Gasteiger charge is -2.15. The summed E-state index contributed by atoms with van der Waals surface area (Å²) in [4.78, 5) is 8.75. The van der Waals surface area contributed by atoms with E-state index in [9.17, 15) is 0 Å². The quantitative estimate of drug-likeness (QED) is 0.266. The molecule has 0 saturated carbocycles. The van der Waals surface area contributed by atoms with Gasteiger partial charge in [-0.2, -0.15) is 0 Å². The number of nitrogens with one attached hydrogen (secondary N) is 1. The highest BCUT2D eigenvalue weighted by molar-refractivity contribution is 5.93. The molecule has 7 nitrogen and oxygen atoms in total. The van der Waals surface area contributed by atoms with Crippen LogP contribution < -0.4 is 14.8 Å². The van der Waals surface area contributed by atoms with Crippen LogP contribution in [-0.4, -0.2) is 50.6 Å². The minimum Gasteiger partial charge on any atom is -0.487 e. The third-order valence-corrected chi connectivity index (χ3v) is 4.42. The van der Waals surface area contributed by atoms with Crippen molar-refractivity contribution >= 4 is 22.4 Å². The number of fused-ring (bicyclic) bond motifs is 1. The monoisotopic (exact) mass is 449 g/mol. The van der Waals surface area contributed by atoms with Gasteiger partial charge in [0.15, 0.2) is 11.5 Å².